The quantitative estimate of drug-likeness (QED) is 0.886. The van der Waals surface area contributed by atoms with E-state index in [2.05, 4.69) is 15.6 Å². The zero-order chi connectivity index (χ0) is 14.5. The number of aryl methyl sites for hydroxylation is 1. The van der Waals surface area contributed by atoms with Gasteiger partial charge in [-0.15, -0.1) is 23.7 Å². The molecule has 0 unspecified atom stereocenters. The summed E-state index contributed by atoms with van der Waals surface area (Å²) in [5, 5.41) is 6.20. The van der Waals surface area contributed by atoms with E-state index in [1.54, 1.807) is 14.2 Å². The Morgan fingerprint density at radius 2 is 2.00 bits per heavy atom. The molecule has 7 heteroatoms. The Labute approximate surface area is 134 Å². The van der Waals surface area contributed by atoms with Crippen LogP contribution in [0.15, 0.2) is 24.3 Å². The first kappa shape index (κ1) is 17.4. The highest BCUT2D eigenvalue weighted by atomic mass is 35.5. The minimum Gasteiger partial charge on any atom is -0.497 e. The van der Waals surface area contributed by atoms with Gasteiger partial charge in [0.1, 0.15) is 5.75 Å². The number of halogens is 1. The van der Waals surface area contributed by atoms with Crippen LogP contribution in [0.1, 0.15) is 4.88 Å². The number of methoxy groups -OCH3 is 1. The summed E-state index contributed by atoms with van der Waals surface area (Å²) in [6.45, 7) is 2.27. The summed E-state index contributed by atoms with van der Waals surface area (Å²) in [5.74, 6) is 0.715. The van der Waals surface area contributed by atoms with Crippen LogP contribution in [0.25, 0.3) is 11.3 Å². The first-order valence-corrected chi connectivity index (χ1v) is 7.02. The van der Waals surface area contributed by atoms with Gasteiger partial charge in [0.2, 0.25) is 5.91 Å². The molecule has 2 rings (SSSR count). The van der Waals surface area contributed by atoms with Gasteiger partial charge in [0.25, 0.3) is 0 Å². The van der Waals surface area contributed by atoms with Crippen LogP contribution in [0, 0.1) is 6.92 Å². The molecule has 0 atom stereocenters. The first-order chi connectivity index (χ1) is 9.63. The van der Waals surface area contributed by atoms with Crippen molar-refractivity contribution in [2.75, 3.05) is 26.0 Å². The molecule has 1 amide bonds. The number of thiazole rings is 1. The second kappa shape index (κ2) is 7.97. The number of rotatable bonds is 5. The Bertz CT molecular complexity index is 599. The molecule has 0 radical (unpaired) electrons. The van der Waals surface area contributed by atoms with Gasteiger partial charge >= 0.3 is 0 Å². The minimum absolute atomic E-state index is 0. The van der Waals surface area contributed by atoms with Gasteiger partial charge in [-0.25, -0.2) is 4.98 Å². The molecule has 114 valence electrons. The molecule has 0 aliphatic heterocycles. The van der Waals surface area contributed by atoms with Gasteiger partial charge in [0.05, 0.1) is 19.3 Å². The molecule has 5 nitrogen and oxygen atoms in total. The third-order valence-electron chi connectivity index (χ3n) is 2.74. The Balaban J connectivity index is 0.00000220. The standard InChI is InChI=1S/C14H17N3O2S.ClH/c1-9-13(10-4-6-11(19-3)7-5-10)17-14(20-9)16-12(18)8-15-2;/h4-7,15H,8H2,1-3H3,(H,16,17,18);1H. The van der Waals surface area contributed by atoms with Crippen molar-refractivity contribution in [3.8, 4) is 17.0 Å². The third kappa shape index (κ3) is 4.42. The second-order valence-corrected chi connectivity index (χ2v) is 5.43. The number of aromatic nitrogens is 1. The van der Waals surface area contributed by atoms with E-state index < -0.39 is 0 Å². The van der Waals surface area contributed by atoms with Gasteiger partial charge < -0.3 is 15.4 Å². The average Bonchev–Trinajstić information content (AvgIpc) is 2.80. The van der Waals surface area contributed by atoms with E-state index in [9.17, 15) is 4.79 Å². The van der Waals surface area contributed by atoms with Gasteiger partial charge in [-0.2, -0.15) is 0 Å². The summed E-state index contributed by atoms with van der Waals surface area (Å²) in [6.07, 6.45) is 0. The van der Waals surface area contributed by atoms with E-state index in [1.807, 2.05) is 31.2 Å². The van der Waals surface area contributed by atoms with Gasteiger partial charge in [-0.3, -0.25) is 4.79 Å². The fraction of sp³-hybridized carbons (Fsp3) is 0.286. The Morgan fingerprint density at radius 3 is 2.57 bits per heavy atom. The van der Waals surface area contributed by atoms with Crippen molar-refractivity contribution in [2.45, 2.75) is 6.92 Å². The predicted octanol–water partition coefficient (Wildman–Crippen LogP) is 2.71. The zero-order valence-corrected chi connectivity index (χ0v) is 13.7. The van der Waals surface area contributed by atoms with Crippen molar-refractivity contribution in [1.29, 1.82) is 0 Å². The fourth-order valence-corrected chi connectivity index (χ4v) is 2.64. The van der Waals surface area contributed by atoms with Gasteiger partial charge in [-0.05, 0) is 38.2 Å². The van der Waals surface area contributed by atoms with Crippen molar-refractivity contribution in [3.05, 3.63) is 29.1 Å². The number of carbonyl (C=O) groups excluding carboxylic acids is 1. The molecular formula is C14H18ClN3O2S. The third-order valence-corrected chi connectivity index (χ3v) is 3.63. The molecule has 0 saturated heterocycles. The topological polar surface area (TPSA) is 63.2 Å². The number of ether oxygens (including phenoxy) is 1. The zero-order valence-electron chi connectivity index (χ0n) is 12.1. The lowest BCUT2D eigenvalue weighted by Gasteiger charge is -2.02. The largest absolute Gasteiger partial charge is 0.497 e. The number of anilines is 1. The Hall–Kier alpha value is -1.63. The van der Waals surface area contributed by atoms with Crippen molar-refractivity contribution in [2.24, 2.45) is 0 Å². The molecule has 0 aliphatic rings. The fourth-order valence-electron chi connectivity index (χ4n) is 1.79. The molecule has 0 saturated carbocycles. The van der Waals surface area contributed by atoms with Crippen LogP contribution in [0.2, 0.25) is 0 Å². The van der Waals surface area contributed by atoms with E-state index in [1.165, 1.54) is 11.3 Å². The predicted molar refractivity (Wildman–Crippen MR) is 88.6 cm³/mol. The van der Waals surface area contributed by atoms with Gasteiger partial charge in [-0.1, -0.05) is 0 Å². The number of nitrogens with one attached hydrogen (secondary N) is 2. The molecular weight excluding hydrogens is 310 g/mol. The SMILES string of the molecule is CNCC(=O)Nc1nc(-c2ccc(OC)cc2)c(C)s1.Cl. The van der Waals surface area contributed by atoms with E-state index >= 15 is 0 Å². The van der Waals surface area contributed by atoms with Crippen molar-refractivity contribution < 1.29 is 9.53 Å². The van der Waals surface area contributed by atoms with Crippen LogP contribution in [-0.2, 0) is 4.79 Å². The average molecular weight is 328 g/mol. The van der Waals surface area contributed by atoms with E-state index in [-0.39, 0.29) is 24.9 Å². The van der Waals surface area contributed by atoms with Crippen molar-refractivity contribution in [3.63, 3.8) is 0 Å². The molecule has 1 heterocycles. The minimum atomic E-state index is -0.0949. The maximum Gasteiger partial charge on any atom is 0.240 e. The monoisotopic (exact) mass is 327 g/mol. The van der Waals surface area contributed by atoms with Crippen molar-refractivity contribution >= 4 is 34.8 Å². The highest BCUT2D eigenvalue weighted by Gasteiger charge is 2.11. The lowest BCUT2D eigenvalue weighted by Crippen LogP contribution is -2.24. The van der Waals surface area contributed by atoms with E-state index in [0.29, 0.717) is 5.13 Å². The number of benzene rings is 1. The number of likely N-dealkylation sites (N-methyl/N-ethyl adjacent to an activating group) is 1. The van der Waals surface area contributed by atoms with Crippen molar-refractivity contribution in [1.82, 2.24) is 10.3 Å². The maximum absolute atomic E-state index is 11.5. The molecule has 1 aromatic heterocycles. The highest BCUT2D eigenvalue weighted by molar-refractivity contribution is 7.16. The summed E-state index contributed by atoms with van der Waals surface area (Å²) < 4.78 is 5.14. The smallest absolute Gasteiger partial charge is 0.240 e. The number of nitrogens with zero attached hydrogens (tertiary/aromatic N) is 1. The maximum atomic E-state index is 11.5. The number of carbonyl (C=O) groups is 1. The molecule has 21 heavy (non-hydrogen) atoms. The molecule has 0 aliphatic carbocycles. The second-order valence-electron chi connectivity index (χ2n) is 4.23. The highest BCUT2D eigenvalue weighted by Crippen LogP contribution is 2.31. The van der Waals surface area contributed by atoms with E-state index in [4.69, 9.17) is 4.74 Å². The molecule has 1 aromatic carbocycles. The van der Waals surface area contributed by atoms with Gasteiger partial charge in [0, 0.05) is 10.4 Å². The lowest BCUT2D eigenvalue weighted by molar-refractivity contribution is -0.115. The van der Waals surface area contributed by atoms with Crippen LogP contribution < -0.4 is 15.4 Å². The summed E-state index contributed by atoms with van der Waals surface area (Å²) in [4.78, 5) is 17.1. The normalized spacial score (nSPS) is 9.86. The summed E-state index contributed by atoms with van der Waals surface area (Å²) >= 11 is 1.47. The van der Waals surface area contributed by atoms with Crippen LogP contribution >= 0.6 is 23.7 Å². The van der Waals surface area contributed by atoms with E-state index in [0.717, 1.165) is 21.9 Å². The molecule has 0 bridgehead atoms. The lowest BCUT2D eigenvalue weighted by atomic mass is 10.1. The summed E-state index contributed by atoms with van der Waals surface area (Å²) in [6, 6.07) is 7.71. The first-order valence-electron chi connectivity index (χ1n) is 6.20. The molecule has 0 fully saturated rings. The Morgan fingerprint density at radius 1 is 1.33 bits per heavy atom. The van der Waals surface area contributed by atoms with Crippen LogP contribution in [0.5, 0.6) is 5.75 Å². The number of amides is 1. The number of hydrogen-bond donors (Lipinski definition) is 2. The summed E-state index contributed by atoms with van der Waals surface area (Å²) in [7, 11) is 3.37. The molecule has 2 aromatic rings. The summed E-state index contributed by atoms with van der Waals surface area (Å²) in [5.41, 5.74) is 1.89. The van der Waals surface area contributed by atoms with Gasteiger partial charge in [0.15, 0.2) is 5.13 Å². The van der Waals surface area contributed by atoms with Crippen LogP contribution in [0.3, 0.4) is 0 Å². The number of hydrogen-bond acceptors (Lipinski definition) is 5. The molecule has 0 spiro atoms. The molecule has 2 N–H and O–H groups in total. The van der Waals surface area contributed by atoms with Crippen LogP contribution in [0.4, 0.5) is 5.13 Å². The Kier molecular flexibility index (Phi) is 6.61. The van der Waals surface area contributed by atoms with Crippen LogP contribution in [-0.4, -0.2) is 31.6 Å².